The van der Waals surface area contributed by atoms with Gasteiger partial charge in [0.05, 0.1) is 5.92 Å². The van der Waals surface area contributed by atoms with Crippen molar-refractivity contribution in [2.24, 2.45) is 0 Å². The Morgan fingerprint density at radius 1 is 1.00 bits per heavy atom. The average Bonchev–Trinajstić information content (AvgIpc) is 3.32. The summed E-state index contributed by atoms with van der Waals surface area (Å²) < 4.78 is 37.7. The van der Waals surface area contributed by atoms with Gasteiger partial charge in [-0.2, -0.15) is 0 Å². The first-order valence-electron chi connectivity index (χ1n) is 13.0. The number of aryl methyl sites for hydroxylation is 1. The summed E-state index contributed by atoms with van der Waals surface area (Å²) in [5.74, 6) is -0.675. The number of sulfonamides is 1. The van der Waals surface area contributed by atoms with Crippen LogP contribution in [0.1, 0.15) is 33.9 Å². The van der Waals surface area contributed by atoms with Crippen molar-refractivity contribution < 1.29 is 23.4 Å². The van der Waals surface area contributed by atoms with E-state index in [1.807, 2.05) is 79.7 Å². The number of fused-ring (bicyclic) bond motifs is 3. The van der Waals surface area contributed by atoms with Crippen molar-refractivity contribution in [2.75, 3.05) is 7.05 Å². The molecule has 3 aromatic carbocycles. The summed E-state index contributed by atoms with van der Waals surface area (Å²) in [4.78, 5) is 4.52. The van der Waals surface area contributed by atoms with E-state index in [-0.39, 0.29) is 12.2 Å². The normalized spacial score (nSPS) is 27.3. The van der Waals surface area contributed by atoms with Crippen LogP contribution < -0.4 is 4.74 Å². The first-order chi connectivity index (χ1) is 19.1. The molecule has 1 aromatic heterocycles. The molecule has 206 valence electrons. The molecule has 1 saturated carbocycles. The molecule has 4 aromatic rings. The van der Waals surface area contributed by atoms with Crippen molar-refractivity contribution in [3.05, 3.63) is 130 Å². The van der Waals surface area contributed by atoms with Crippen LogP contribution in [0.3, 0.4) is 0 Å². The highest BCUT2D eigenvalue weighted by Gasteiger charge is 2.79. The topological polar surface area (TPSA) is 100.0 Å². The molecule has 1 aliphatic carbocycles. The van der Waals surface area contributed by atoms with E-state index in [4.69, 9.17) is 4.74 Å². The predicted molar refractivity (Wildman–Crippen MR) is 155 cm³/mol. The fourth-order valence-electron chi connectivity index (χ4n) is 6.36. The minimum absolute atomic E-state index is 0.104. The second-order valence-corrected chi connectivity index (χ2v) is 13.7. The maximum absolute atomic E-state index is 14.5. The quantitative estimate of drug-likeness (QED) is 0.326. The maximum Gasteiger partial charge on any atom is 0.220 e. The zero-order valence-electron chi connectivity index (χ0n) is 22.0. The summed E-state index contributed by atoms with van der Waals surface area (Å²) in [7, 11) is -2.72. The smallest absolute Gasteiger partial charge is 0.220 e. The lowest BCUT2D eigenvalue weighted by Gasteiger charge is -2.40. The Morgan fingerprint density at radius 3 is 2.27 bits per heavy atom. The van der Waals surface area contributed by atoms with Gasteiger partial charge in [-0.1, -0.05) is 88.7 Å². The Labute approximate surface area is 242 Å². The molecule has 2 heterocycles. The molecule has 0 amide bonds. The molecule has 0 radical (unpaired) electrons. The highest BCUT2D eigenvalue weighted by molar-refractivity contribution is 9.10. The van der Waals surface area contributed by atoms with Gasteiger partial charge in [0.25, 0.3) is 0 Å². The molecule has 7 nitrogen and oxygen atoms in total. The number of aliphatic hydroxyl groups excluding tert-OH is 1. The molecule has 1 aliphatic heterocycles. The van der Waals surface area contributed by atoms with Crippen molar-refractivity contribution in [1.29, 1.82) is 0 Å². The molecule has 5 atom stereocenters. The molecule has 0 spiro atoms. The summed E-state index contributed by atoms with van der Waals surface area (Å²) in [6.45, 7) is 1.96. The third-order valence-electron chi connectivity index (χ3n) is 8.15. The largest absolute Gasteiger partial charge is 0.476 e. The third-order valence-corrected chi connectivity index (χ3v) is 10.9. The van der Waals surface area contributed by atoms with Crippen LogP contribution in [0.15, 0.2) is 102 Å². The Morgan fingerprint density at radius 2 is 1.62 bits per heavy atom. The van der Waals surface area contributed by atoms with Gasteiger partial charge >= 0.3 is 0 Å². The molecular weight excluding hydrogens is 592 g/mol. The van der Waals surface area contributed by atoms with E-state index in [2.05, 4.69) is 20.9 Å². The number of halogens is 1. The molecule has 40 heavy (non-hydrogen) atoms. The number of benzene rings is 3. The van der Waals surface area contributed by atoms with Gasteiger partial charge in [0.15, 0.2) is 11.2 Å². The number of aromatic nitrogens is 1. The monoisotopic (exact) mass is 620 g/mol. The van der Waals surface area contributed by atoms with Gasteiger partial charge in [-0.3, -0.25) is 4.98 Å². The summed E-state index contributed by atoms with van der Waals surface area (Å²) in [5, 5.41) is 23.4. The van der Waals surface area contributed by atoms with Crippen LogP contribution in [0.2, 0.25) is 0 Å². The van der Waals surface area contributed by atoms with Gasteiger partial charge in [0, 0.05) is 24.3 Å². The van der Waals surface area contributed by atoms with Crippen molar-refractivity contribution >= 4 is 26.0 Å². The van der Waals surface area contributed by atoms with Crippen LogP contribution in [-0.2, 0) is 27.8 Å². The SMILES string of the molecule is Cc1cnc2c(c1)O[C@@]1(c3ccc(Br)cc3)[C@H](c3ccccc3)[C@@H](S(=O)(=O)N(C)Cc3ccccc3)[C@@H](O)[C@@]21O. The minimum Gasteiger partial charge on any atom is -0.476 e. The Hall–Kier alpha value is -3.08. The van der Waals surface area contributed by atoms with Crippen molar-refractivity contribution in [3.63, 3.8) is 0 Å². The zero-order chi connectivity index (χ0) is 28.3. The Bertz CT molecular complexity index is 1650. The van der Waals surface area contributed by atoms with Crippen LogP contribution in [0.5, 0.6) is 5.75 Å². The number of nitrogens with zero attached hydrogens (tertiary/aromatic N) is 2. The zero-order valence-corrected chi connectivity index (χ0v) is 24.4. The van der Waals surface area contributed by atoms with Crippen molar-refractivity contribution in [3.8, 4) is 5.75 Å². The number of hydrogen-bond acceptors (Lipinski definition) is 6. The molecule has 1 fully saturated rings. The molecule has 2 aliphatic rings. The van der Waals surface area contributed by atoms with Crippen LogP contribution in [-0.4, -0.2) is 46.3 Å². The molecule has 0 saturated heterocycles. The first-order valence-corrected chi connectivity index (χ1v) is 15.3. The van der Waals surface area contributed by atoms with E-state index in [9.17, 15) is 18.6 Å². The average molecular weight is 622 g/mol. The predicted octanol–water partition coefficient (Wildman–Crippen LogP) is 4.62. The van der Waals surface area contributed by atoms with Crippen LogP contribution in [0.25, 0.3) is 0 Å². The lowest BCUT2D eigenvalue weighted by molar-refractivity contribution is -0.150. The van der Waals surface area contributed by atoms with E-state index in [0.29, 0.717) is 16.9 Å². The van der Waals surface area contributed by atoms with E-state index in [1.165, 1.54) is 11.4 Å². The molecule has 9 heteroatoms. The fraction of sp³-hybridized carbons (Fsp3) is 0.258. The Balaban J connectivity index is 1.61. The van der Waals surface area contributed by atoms with Crippen LogP contribution in [0.4, 0.5) is 0 Å². The molecule has 0 bridgehead atoms. The summed E-state index contributed by atoms with van der Waals surface area (Å²) in [5.41, 5.74) is -0.975. The van der Waals surface area contributed by atoms with Gasteiger partial charge in [-0.15, -0.1) is 0 Å². The number of pyridine rings is 1. The van der Waals surface area contributed by atoms with E-state index < -0.39 is 38.5 Å². The second-order valence-electron chi connectivity index (χ2n) is 10.6. The standard InChI is InChI=1S/C31H29BrN2O5S/c1-20-17-25-28(33-18-20)30(36)29(35)27(40(37,38)34(2)19-21-9-5-3-6-10-21)26(22-11-7-4-8-12-22)31(30,39-25)23-13-15-24(32)16-14-23/h3-18,26-27,29,35-36H,19H2,1-2H3/t26-,27-,29-,30+,31+/m1/s1. The molecule has 6 rings (SSSR count). The lowest BCUT2D eigenvalue weighted by atomic mass is 9.72. The number of hydrogen-bond donors (Lipinski definition) is 2. The van der Waals surface area contributed by atoms with Gasteiger partial charge in [-0.25, -0.2) is 12.7 Å². The molecular formula is C31H29BrN2O5S. The van der Waals surface area contributed by atoms with E-state index in [1.54, 1.807) is 24.4 Å². The Kier molecular flexibility index (Phi) is 6.63. The van der Waals surface area contributed by atoms with Gasteiger partial charge in [-0.05, 0) is 47.4 Å². The lowest BCUT2D eigenvalue weighted by Crippen LogP contribution is -2.52. The van der Waals surface area contributed by atoms with Gasteiger partial charge in [0.2, 0.25) is 10.0 Å². The highest BCUT2D eigenvalue weighted by atomic mass is 79.9. The second kappa shape index (κ2) is 9.78. The van der Waals surface area contributed by atoms with Crippen LogP contribution in [0, 0.1) is 6.92 Å². The van der Waals surface area contributed by atoms with E-state index in [0.717, 1.165) is 15.6 Å². The van der Waals surface area contributed by atoms with Crippen molar-refractivity contribution in [1.82, 2.24) is 9.29 Å². The number of ether oxygens (including phenoxy) is 1. The summed E-state index contributed by atoms with van der Waals surface area (Å²) in [6.07, 6.45) is -0.174. The third kappa shape index (κ3) is 3.87. The van der Waals surface area contributed by atoms with Crippen molar-refractivity contribution in [2.45, 2.75) is 41.9 Å². The fourth-order valence-corrected chi connectivity index (χ4v) is 8.58. The van der Waals surface area contributed by atoms with Gasteiger partial charge < -0.3 is 14.9 Å². The minimum atomic E-state index is -4.22. The van der Waals surface area contributed by atoms with Gasteiger partial charge in [0.1, 0.15) is 22.8 Å². The maximum atomic E-state index is 14.5. The summed E-state index contributed by atoms with van der Waals surface area (Å²) in [6, 6.07) is 27.3. The number of rotatable bonds is 6. The molecule has 2 N–H and O–H groups in total. The number of aliphatic hydroxyl groups is 2. The summed E-state index contributed by atoms with van der Waals surface area (Å²) >= 11 is 3.47. The first kappa shape index (κ1) is 27.1. The van der Waals surface area contributed by atoms with Crippen LogP contribution >= 0.6 is 15.9 Å². The van der Waals surface area contributed by atoms with E-state index >= 15 is 0 Å². The molecule has 0 unspecified atom stereocenters. The highest BCUT2D eigenvalue weighted by Crippen LogP contribution is 2.67.